The van der Waals surface area contributed by atoms with Gasteiger partial charge < -0.3 is 9.84 Å². The number of hydrogen-bond acceptors (Lipinski definition) is 5. The second-order valence-electron chi connectivity index (χ2n) is 5.15. The van der Waals surface area contributed by atoms with E-state index in [0.29, 0.717) is 17.8 Å². The average Bonchev–Trinajstić information content (AvgIpc) is 2.61. The van der Waals surface area contributed by atoms with Crippen molar-refractivity contribution in [2.45, 2.75) is 6.42 Å². The average molecular weight is 320 g/mol. The van der Waals surface area contributed by atoms with Crippen LogP contribution in [0.15, 0.2) is 61.2 Å². The smallest absolute Gasteiger partial charge is 0.330 e. The van der Waals surface area contributed by atoms with Crippen molar-refractivity contribution in [1.29, 1.82) is 0 Å². The Bertz CT molecular complexity index is 906. The third-order valence-electron chi connectivity index (χ3n) is 3.58. The number of para-hydroxylation sites is 2. The first-order valence-corrected chi connectivity index (χ1v) is 7.52. The van der Waals surface area contributed by atoms with Crippen molar-refractivity contribution >= 4 is 16.9 Å². The lowest BCUT2D eigenvalue weighted by atomic mass is 10.1. The molecule has 0 saturated carbocycles. The minimum Gasteiger partial charge on any atom is -0.507 e. The van der Waals surface area contributed by atoms with E-state index in [1.165, 1.54) is 0 Å². The first kappa shape index (κ1) is 15.7. The number of carbonyl (C=O) groups is 1. The number of aromatic nitrogens is 2. The van der Waals surface area contributed by atoms with E-state index in [0.717, 1.165) is 22.7 Å². The Morgan fingerprint density at radius 2 is 1.88 bits per heavy atom. The number of rotatable bonds is 5. The van der Waals surface area contributed by atoms with Crippen molar-refractivity contribution in [2.24, 2.45) is 0 Å². The Balaban J connectivity index is 2.01. The monoisotopic (exact) mass is 320 g/mol. The normalized spacial score (nSPS) is 10.5. The summed E-state index contributed by atoms with van der Waals surface area (Å²) in [5.74, 6) is 0.1000. The second kappa shape index (κ2) is 6.91. The molecule has 0 bridgehead atoms. The van der Waals surface area contributed by atoms with Crippen molar-refractivity contribution in [3.63, 3.8) is 0 Å². The van der Waals surface area contributed by atoms with Gasteiger partial charge in [-0.15, -0.1) is 0 Å². The summed E-state index contributed by atoms with van der Waals surface area (Å²) in [5, 5.41) is 10.9. The van der Waals surface area contributed by atoms with Crippen LogP contribution >= 0.6 is 0 Å². The molecular formula is C19H16N2O3. The third-order valence-corrected chi connectivity index (χ3v) is 3.58. The van der Waals surface area contributed by atoms with Crippen LogP contribution in [0.25, 0.3) is 22.3 Å². The Morgan fingerprint density at radius 3 is 2.67 bits per heavy atom. The topological polar surface area (TPSA) is 72.3 Å². The highest BCUT2D eigenvalue weighted by Crippen LogP contribution is 2.28. The molecular weight excluding hydrogens is 304 g/mol. The predicted molar refractivity (Wildman–Crippen MR) is 91.5 cm³/mol. The molecule has 5 heteroatoms. The molecule has 0 spiro atoms. The summed E-state index contributed by atoms with van der Waals surface area (Å²) in [7, 11) is 0. The van der Waals surface area contributed by atoms with Gasteiger partial charge in [-0.2, -0.15) is 0 Å². The molecule has 0 atom stereocenters. The van der Waals surface area contributed by atoms with Crippen LogP contribution in [-0.4, -0.2) is 27.7 Å². The highest BCUT2D eigenvalue weighted by Gasteiger charge is 2.12. The van der Waals surface area contributed by atoms with Crippen LogP contribution in [0.3, 0.4) is 0 Å². The Kier molecular flexibility index (Phi) is 4.52. The van der Waals surface area contributed by atoms with E-state index in [4.69, 9.17) is 4.74 Å². The fraction of sp³-hybridized carbons (Fsp3) is 0.105. The van der Waals surface area contributed by atoms with E-state index in [-0.39, 0.29) is 12.4 Å². The Hall–Kier alpha value is -3.21. The van der Waals surface area contributed by atoms with Gasteiger partial charge >= 0.3 is 5.97 Å². The summed E-state index contributed by atoms with van der Waals surface area (Å²) in [6.45, 7) is 3.57. The quantitative estimate of drug-likeness (QED) is 0.577. The van der Waals surface area contributed by atoms with Crippen molar-refractivity contribution in [3.05, 3.63) is 66.9 Å². The molecule has 1 aromatic heterocycles. The zero-order valence-corrected chi connectivity index (χ0v) is 13.0. The summed E-state index contributed by atoms with van der Waals surface area (Å²) in [5.41, 5.74) is 2.10. The van der Waals surface area contributed by atoms with Crippen molar-refractivity contribution < 1.29 is 14.6 Å². The maximum Gasteiger partial charge on any atom is 0.330 e. The van der Waals surface area contributed by atoms with E-state index in [1.54, 1.807) is 18.2 Å². The fourth-order valence-electron chi connectivity index (χ4n) is 2.42. The zero-order valence-electron chi connectivity index (χ0n) is 13.0. The molecule has 0 unspecified atom stereocenters. The van der Waals surface area contributed by atoms with Crippen LogP contribution in [0.1, 0.15) is 5.69 Å². The van der Waals surface area contributed by atoms with Crippen molar-refractivity contribution in [2.75, 3.05) is 6.61 Å². The number of hydrogen-bond donors (Lipinski definition) is 1. The largest absolute Gasteiger partial charge is 0.507 e. The second-order valence-corrected chi connectivity index (χ2v) is 5.15. The van der Waals surface area contributed by atoms with Crippen LogP contribution in [0.4, 0.5) is 0 Å². The molecule has 0 fully saturated rings. The molecule has 1 heterocycles. The third kappa shape index (κ3) is 3.25. The summed E-state index contributed by atoms with van der Waals surface area (Å²) in [6.07, 6.45) is 1.58. The maximum absolute atomic E-state index is 11.2. The van der Waals surface area contributed by atoms with E-state index in [2.05, 4.69) is 16.5 Å². The van der Waals surface area contributed by atoms with Gasteiger partial charge in [-0.1, -0.05) is 36.9 Å². The van der Waals surface area contributed by atoms with Gasteiger partial charge in [-0.3, -0.25) is 0 Å². The zero-order chi connectivity index (χ0) is 16.9. The number of fused-ring (bicyclic) bond motifs is 1. The highest BCUT2D eigenvalue weighted by atomic mass is 16.5. The van der Waals surface area contributed by atoms with Gasteiger partial charge in [0.15, 0.2) is 5.82 Å². The summed E-state index contributed by atoms with van der Waals surface area (Å²) in [6, 6.07) is 14.5. The molecule has 0 radical (unpaired) electrons. The van der Waals surface area contributed by atoms with Crippen LogP contribution in [0, 0.1) is 0 Å². The summed E-state index contributed by atoms with van der Waals surface area (Å²) < 4.78 is 5.05. The molecule has 0 saturated heterocycles. The van der Waals surface area contributed by atoms with E-state index < -0.39 is 5.97 Å². The van der Waals surface area contributed by atoms with Gasteiger partial charge in [0.1, 0.15) is 5.75 Å². The minimum atomic E-state index is -0.464. The number of ether oxygens (including phenoxy) is 1. The van der Waals surface area contributed by atoms with Crippen LogP contribution in [-0.2, 0) is 16.0 Å². The maximum atomic E-state index is 11.2. The number of aromatic hydroxyl groups is 1. The lowest BCUT2D eigenvalue weighted by molar-refractivity contribution is -0.137. The molecule has 0 aliphatic carbocycles. The summed E-state index contributed by atoms with van der Waals surface area (Å²) >= 11 is 0. The van der Waals surface area contributed by atoms with Crippen LogP contribution in [0.2, 0.25) is 0 Å². The van der Waals surface area contributed by atoms with Gasteiger partial charge in [0.2, 0.25) is 0 Å². The highest BCUT2D eigenvalue weighted by molar-refractivity contribution is 5.83. The molecule has 3 rings (SSSR count). The predicted octanol–water partition coefficient (Wildman–Crippen LogP) is 3.27. The molecule has 5 nitrogen and oxygen atoms in total. The van der Waals surface area contributed by atoms with E-state index >= 15 is 0 Å². The number of benzene rings is 2. The standard InChI is InChI=1S/C19H16N2O3/c1-2-18(23)24-12-11-16-13-7-3-5-9-15(13)20-19(21-16)14-8-4-6-10-17(14)22/h2-10,22H,1,11-12H2. The Morgan fingerprint density at radius 1 is 1.12 bits per heavy atom. The molecule has 0 amide bonds. The van der Waals surface area contributed by atoms with E-state index in [9.17, 15) is 9.90 Å². The number of phenolic OH excluding ortho intramolecular Hbond substituents is 1. The SMILES string of the molecule is C=CC(=O)OCCc1nc(-c2ccccc2O)nc2ccccc12. The van der Waals surface area contributed by atoms with Crippen molar-refractivity contribution in [1.82, 2.24) is 9.97 Å². The Labute approximate surface area is 139 Å². The van der Waals surface area contributed by atoms with Gasteiger partial charge in [0.25, 0.3) is 0 Å². The van der Waals surface area contributed by atoms with Gasteiger partial charge in [0, 0.05) is 17.9 Å². The molecule has 3 aromatic rings. The summed E-state index contributed by atoms with van der Waals surface area (Å²) in [4.78, 5) is 20.3. The molecule has 0 aliphatic rings. The number of esters is 1. The first-order chi connectivity index (χ1) is 11.7. The molecule has 120 valence electrons. The minimum absolute atomic E-state index is 0.122. The van der Waals surface area contributed by atoms with Gasteiger partial charge in [0.05, 0.1) is 23.4 Å². The fourth-order valence-corrected chi connectivity index (χ4v) is 2.42. The molecule has 1 N–H and O–H groups in total. The van der Waals surface area contributed by atoms with Crippen molar-refractivity contribution in [3.8, 4) is 17.1 Å². The molecule has 24 heavy (non-hydrogen) atoms. The molecule has 0 aliphatic heterocycles. The van der Waals surface area contributed by atoms with Gasteiger partial charge in [-0.05, 0) is 18.2 Å². The number of phenols is 1. The first-order valence-electron chi connectivity index (χ1n) is 7.52. The number of nitrogens with zero attached hydrogens (tertiary/aromatic N) is 2. The van der Waals surface area contributed by atoms with Crippen LogP contribution in [0.5, 0.6) is 5.75 Å². The lowest BCUT2D eigenvalue weighted by Gasteiger charge is -2.10. The number of carbonyl (C=O) groups excluding carboxylic acids is 1. The molecule has 2 aromatic carbocycles. The lowest BCUT2D eigenvalue weighted by Crippen LogP contribution is -2.07. The van der Waals surface area contributed by atoms with Gasteiger partial charge in [-0.25, -0.2) is 14.8 Å². The van der Waals surface area contributed by atoms with Crippen LogP contribution < -0.4 is 0 Å². The van der Waals surface area contributed by atoms with E-state index in [1.807, 2.05) is 30.3 Å².